The maximum atomic E-state index is 4.46. The van der Waals surface area contributed by atoms with Crippen molar-refractivity contribution in [2.75, 3.05) is 17.3 Å². The second-order valence-corrected chi connectivity index (χ2v) is 6.06. The number of hydrogen-bond donors (Lipinski definition) is 1. The number of rotatable bonds is 7. The summed E-state index contributed by atoms with van der Waals surface area (Å²) in [4.78, 5) is 0. The Balaban J connectivity index is 2.33. The summed E-state index contributed by atoms with van der Waals surface area (Å²) in [7, 11) is 0. The van der Waals surface area contributed by atoms with Crippen LogP contribution in [0.25, 0.3) is 0 Å². The molecule has 0 spiro atoms. The summed E-state index contributed by atoms with van der Waals surface area (Å²) in [5.74, 6) is 4.83. The lowest BCUT2D eigenvalue weighted by Gasteiger charge is -2.14. The highest BCUT2D eigenvalue weighted by molar-refractivity contribution is 7.99. The highest BCUT2D eigenvalue weighted by atomic mass is 32.2. The van der Waals surface area contributed by atoms with Crippen molar-refractivity contribution in [2.45, 2.75) is 26.2 Å². The third kappa shape index (κ3) is 5.31. The average molecular weight is 254 g/mol. The van der Waals surface area contributed by atoms with E-state index in [1.807, 2.05) is 0 Å². The van der Waals surface area contributed by atoms with Crippen molar-refractivity contribution >= 4 is 24.4 Å². The van der Waals surface area contributed by atoms with E-state index >= 15 is 0 Å². The molecule has 0 aliphatic heterocycles. The van der Waals surface area contributed by atoms with E-state index in [0.29, 0.717) is 5.92 Å². The second kappa shape index (κ2) is 8.08. The Morgan fingerprint density at radius 1 is 1.19 bits per heavy atom. The molecule has 0 aliphatic rings. The van der Waals surface area contributed by atoms with Crippen LogP contribution >= 0.6 is 24.4 Å². The zero-order chi connectivity index (χ0) is 11.8. The summed E-state index contributed by atoms with van der Waals surface area (Å²) in [5, 5.41) is 0. The molecule has 1 aromatic carbocycles. The minimum Gasteiger partial charge on any atom is -0.179 e. The van der Waals surface area contributed by atoms with E-state index in [1.165, 1.54) is 23.5 Å². The molecule has 0 N–H and O–H groups in total. The Labute approximate surface area is 110 Å². The molecule has 90 valence electrons. The topological polar surface area (TPSA) is 0 Å². The van der Waals surface area contributed by atoms with Gasteiger partial charge in [0.05, 0.1) is 0 Å². The van der Waals surface area contributed by atoms with Crippen molar-refractivity contribution in [3.05, 3.63) is 35.9 Å². The fraction of sp³-hybridized carbons (Fsp3) is 0.571. The Kier molecular flexibility index (Phi) is 7.06. The van der Waals surface area contributed by atoms with Crippen molar-refractivity contribution in [1.29, 1.82) is 0 Å². The predicted octanol–water partition coefficient (Wildman–Crippen LogP) is 4.48. The average Bonchev–Trinajstić information content (AvgIpc) is 2.30. The molecule has 0 bridgehead atoms. The predicted molar refractivity (Wildman–Crippen MR) is 79.8 cm³/mol. The highest BCUT2D eigenvalue weighted by Crippen LogP contribution is 2.23. The summed E-state index contributed by atoms with van der Waals surface area (Å²) in [6.45, 7) is 4.57. The van der Waals surface area contributed by atoms with E-state index < -0.39 is 0 Å². The lowest BCUT2D eigenvalue weighted by atomic mass is 10.0. The number of thioether (sulfide) groups is 1. The van der Waals surface area contributed by atoms with Crippen LogP contribution in [0.2, 0.25) is 0 Å². The van der Waals surface area contributed by atoms with Gasteiger partial charge in [0.1, 0.15) is 0 Å². The van der Waals surface area contributed by atoms with Gasteiger partial charge in [0.25, 0.3) is 0 Å². The maximum Gasteiger partial charge on any atom is 0.00172 e. The molecule has 1 rings (SSSR count). The van der Waals surface area contributed by atoms with Crippen LogP contribution in [-0.4, -0.2) is 17.3 Å². The first-order chi connectivity index (χ1) is 7.74. The monoisotopic (exact) mass is 254 g/mol. The van der Waals surface area contributed by atoms with Crippen LogP contribution in [0.15, 0.2) is 30.3 Å². The molecule has 0 nitrogen and oxygen atoms in total. The third-order valence-corrected chi connectivity index (χ3v) is 4.25. The van der Waals surface area contributed by atoms with Crippen molar-refractivity contribution < 1.29 is 0 Å². The van der Waals surface area contributed by atoms with Gasteiger partial charge in [-0.2, -0.15) is 24.4 Å². The van der Waals surface area contributed by atoms with Crippen LogP contribution in [0.3, 0.4) is 0 Å². The lowest BCUT2D eigenvalue weighted by Crippen LogP contribution is -2.04. The molecule has 0 amide bonds. The molecule has 2 heteroatoms. The lowest BCUT2D eigenvalue weighted by molar-refractivity contribution is 0.631. The first-order valence-electron chi connectivity index (χ1n) is 5.97. The molecule has 0 aliphatic carbocycles. The van der Waals surface area contributed by atoms with Crippen molar-refractivity contribution in [3.63, 3.8) is 0 Å². The summed E-state index contributed by atoms with van der Waals surface area (Å²) in [6, 6.07) is 10.7. The third-order valence-electron chi connectivity index (χ3n) is 2.65. The Morgan fingerprint density at radius 2 is 1.88 bits per heavy atom. The van der Waals surface area contributed by atoms with Gasteiger partial charge in [-0.15, -0.1) is 0 Å². The molecule has 0 radical (unpaired) electrons. The van der Waals surface area contributed by atoms with Gasteiger partial charge in [-0.05, 0) is 29.4 Å². The van der Waals surface area contributed by atoms with E-state index in [9.17, 15) is 0 Å². The van der Waals surface area contributed by atoms with Crippen LogP contribution < -0.4 is 0 Å². The van der Waals surface area contributed by atoms with E-state index in [1.54, 1.807) is 0 Å². The van der Waals surface area contributed by atoms with E-state index in [0.717, 1.165) is 11.7 Å². The Hall–Kier alpha value is -0.0800. The minimum atomic E-state index is 0.599. The zero-order valence-electron chi connectivity index (χ0n) is 10.2. The molecule has 1 aromatic rings. The van der Waals surface area contributed by atoms with Crippen LogP contribution in [0.1, 0.15) is 31.7 Å². The number of thiol groups is 1. The van der Waals surface area contributed by atoms with Gasteiger partial charge in [0.2, 0.25) is 0 Å². The first kappa shape index (κ1) is 14.0. The van der Waals surface area contributed by atoms with Gasteiger partial charge in [-0.25, -0.2) is 0 Å². The van der Waals surface area contributed by atoms with E-state index in [2.05, 4.69) is 68.6 Å². The molecular formula is C14H22S2. The molecule has 0 saturated carbocycles. The maximum absolute atomic E-state index is 4.46. The SMILES string of the molecule is CC(C)CCSCC(CS)c1ccccc1. The summed E-state index contributed by atoms with van der Waals surface area (Å²) < 4.78 is 0. The van der Waals surface area contributed by atoms with Gasteiger partial charge in [-0.1, -0.05) is 44.2 Å². The first-order valence-corrected chi connectivity index (χ1v) is 7.76. The highest BCUT2D eigenvalue weighted by Gasteiger charge is 2.09. The zero-order valence-corrected chi connectivity index (χ0v) is 11.9. The van der Waals surface area contributed by atoms with Gasteiger partial charge < -0.3 is 0 Å². The number of benzene rings is 1. The van der Waals surface area contributed by atoms with Crippen molar-refractivity contribution in [2.24, 2.45) is 5.92 Å². The van der Waals surface area contributed by atoms with Gasteiger partial charge in [0, 0.05) is 11.7 Å². The van der Waals surface area contributed by atoms with Gasteiger partial charge in [0.15, 0.2) is 0 Å². The molecule has 0 fully saturated rings. The quantitative estimate of drug-likeness (QED) is 0.553. The standard InChI is InChI=1S/C14H22S2/c1-12(2)8-9-16-11-14(10-15)13-6-4-3-5-7-13/h3-7,12,14-15H,8-11H2,1-2H3. The second-order valence-electron chi connectivity index (χ2n) is 4.55. The van der Waals surface area contributed by atoms with Crippen LogP contribution in [0.5, 0.6) is 0 Å². The van der Waals surface area contributed by atoms with Gasteiger partial charge >= 0.3 is 0 Å². The van der Waals surface area contributed by atoms with Crippen LogP contribution in [-0.2, 0) is 0 Å². The minimum absolute atomic E-state index is 0.599. The fourth-order valence-electron chi connectivity index (χ4n) is 1.52. The fourth-order valence-corrected chi connectivity index (χ4v) is 3.44. The molecule has 0 heterocycles. The smallest absolute Gasteiger partial charge is 0.00172 e. The molecule has 1 unspecified atom stereocenters. The van der Waals surface area contributed by atoms with Gasteiger partial charge in [-0.3, -0.25) is 0 Å². The molecule has 1 atom stereocenters. The number of hydrogen-bond acceptors (Lipinski definition) is 2. The normalized spacial score (nSPS) is 13.0. The van der Waals surface area contributed by atoms with Crippen molar-refractivity contribution in [1.82, 2.24) is 0 Å². The van der Waals surface area contributed by atoms with E-state index in [-0.39, 0.29) is 0 Å². The molecular weight excluding hydrogens is 232 g/mol. The Bertz CT molecular complexity index is 269. The molecule has 0 aromatic heterocycles. The summed E-state index contributed by atoms with van der Waals surface area (Å²) in [5.41, 5.74) is 1.43. The summed E-state index contributed by atoms with van der Waals surface area (Å²) in [6.07, 6.45) is 1.32. The molecule has 0 saturated heterocycles. The Morgan fingerprint density at radius 3 is 2.44 bits per heavy atom. The summed E-state index contributed by atoms with van der Waals surface area (Å²) >= 11 is 6.52. The van der Waals surface area contributed by atoms with Crippen molar-refractivity contribution in [3.8, 4) is 0 Å². The molecule has 16 heavy (non-hydrogen) atoms. The largest absolute Gasteiger partial charge is 0.179 e. The van der Waals surface area contributed by atoms with Crippen LogP contribution in [0, 0.1) is 5.92 Å². The van der Waals surface area contributed by atoms with E-state index in [4.69, 9.17) is 0 Å². The van der Waals surface area contributed by atoms with Crippen LogP contribution in [0.4, 0.5) is 0 Å².